The van der Waals surface area contributed by atoms with E-state index in [-0.39, 0.29) is 31.1 Å². The highest BCUT2D eigenvalue weighted by molar-refractivity contribution is 8.13. The molecular formula is C23H26ClFN2O4S. The molecule has 1 amide bonds. The average Bonchev–Trinajstić information content (AvgIpc) is 2.73. The van der Waals surface area contributed by atoms with Crippen LogP contribution in [0.2, 0.25) is 5.15 Å². The summed E-state index contributed by atoms with van der Waals surface area (Å²) in [4.78, 5) is 31.2. The molecule has 1 unspecified atom stereocenters. The zero-order chi connectivity index (χ0) is 23.4. The fourth-order valence-corrected chi connectivity index (χ4v) is 4.11. The first-order valence-corrected chi connectivity index (χ1v) is 11.5. The van der Waals surface area contributed by atoms with Gasteiger partial charge in [-0.15, -0.1) is 0 Å². The number of carbonyl (C=O) groups is 2. The van der Waals surface area contributed by atoms with Crippen molar-refractivity contribution in [1.82, 2.24) is 9.88 Å². The number of hydrogen-bond donors (Lipinski definition) is 0. The standard InChI is InChI=1S/C23H26ClFN2O4S/c1-22(2,3)31-20(28)27-13-11-23(25,12-14-27)19(16-9-10-18(24)26-15-16)30-21(29)32-17-7-5-4-6-8-17/h4-10,15,19H,11-14H2,1-3H3. The molecule has 9 heteroatoms. The number of piperidine rings is 1. The lowest BCUT2D eigenvalue weighted by Crippen LogP contribution is -2.49. The Morgan fingerprint density at radius 1 is 1.16 bits per heavy atom. The van der Waals surface area contributed by atoms with Crippen molar-refractivity contribution in [3.8, 4) is 0 Å². The minimum Gasteiger partial charge on any atom is -0.446 e. The molecule has 0 radical (unpaired) electrons. The van der Waals surface area contributed by atoms with Gasteiger partial charge in [0.25, 0.3) is 0 Å². The molecule has 0 aliphatic carbocycles. The minimum atomic E-state index is -1.87. The zero-order valence-corrected chi connectivity index (χ0v) is 19.8. The van der Waals surface area contributed by atoms with Gasteiger partial charge >= 0.3 is 11.4 Å². The number of halogens is 2. The fraction of sp³-hybridized carbons (Fsp3) is 0.435. The Kier molecular flexibility index (Phi) is 7.67. The molecule has 6 nitrogen and oxygen atoms in total. The van der Waals surface area contributed by atoms with Crippen LogP contribution in [0.3, 0.4) is 0 Å². The molecule has 0 N–H and O–H groups in total. The van der Waals surface area contributed by atoms with Crippen LogP contribution in [0.5, 0.6) is 0 Å². The number of benzene rings is 1. The molecular weight excluding hydrogens is 455 g/mol. The summed E-state index contributed by atoms with van der Waals surface area (Å²) in [7, 11) is 0. The average molecular weight is 481 g/mol. The van der Waals surface area contributed by atoms with E-state index in [1.165, 1.54) is 17.2 Å². The number of likely N-dealkylation sites (tertiary alicyclic amines) is 1. The quantitative estimate of drug-likeness (QED) is 0.285. The van der Waals surface area contributed by atoms with Crippen molar-refractivity contribution < 1.29 is 23.5 Å². The number of hydrogen-bond acceptors (Lipinski definition) is 6. The van der Waals surface area contributed by atoms with Gasteiger partial charge in [-0.2, -0.15) is 0 Å². The van der Waals surface area contributed by atoms with Crippen LogP contribution in [-0.2, 0) is 9.47 Å². The number of pyridine rings is 1. The van der Waals surface area contributed by atoms with Crippen LogP contribution in [0.25, 0.3) is 0 Å². The van der Waals surface area contributed by atoms with Crippen molar-refractivity contribution in [2.45, 2.75) is 55.9 Å². The maximum absolute atomic E-state index is 16.2. The van der Waals surface area contributed by atoms with E-state index in [4.69, 9.17) is 21.1 Å². The molecule has 2 aromatic rings. The van der Waals surface area contributed by atoms with Gasteiger partial charge in [0.1, 0.15) is 10.8 Å². The molecule has 1 fully saturated rings. The number of alkyl halides is 1. The van der Waals surface area contributed by atoms with Gasteiger partial charge < -0.3 is 14.4 Å². The molecule has 0 saturated carbocycles. The molecule has 1 aliphatic heterocycles. The maximum atomic E-state index is 16.2. The highest BCUT2D eigenvalue weighted by Crippen LogP contribution is 2.42. The molecule has 0 bridgehead atoms. The van der Waals surface area contributed by atoms with Crippen LogP contribution in [-0.4, -0.2) is 45.6 Å². The Morgan fingerprint density at radius 3 is 2.38 bits per heavy atom. The van der Waals surface area contributed by atoms with Gasteiger partial charge in [0.2, 0.25) is 0 Å². The molecule has 1 atom stereocenters. The summed E-state index contributed by atoms with van der Waals surface area (Å²) in [5, 5.41) is -0.368. The van der Waals surface area contributed by atoms with E-state index in [1.807, 2.05) is 6.07 Å². The molecule has 1 aromatic heterocycles. The van der Waals surface area contributed by atoms with Crippen molar-refractivity contribution in [3.63, 3.8) is 0 Å². The number of carbonyl (C=O) groups excluding carboxylic acids is 2. The Labute approximate surface area is 196 Å². The number of rotatable bonds is 4. The highest BCUT2D eigenvalue weighted by atomic mass is 35.5. The van der Waals surface area contributed by atoms with E-state index in [0.717, 1.165) is 11.8 Å². The van der Waals surface area contributed by atoms with Crippen LogP contribution in [0.15, 0.2) is 53.6 Å². The monoisotopic (exact) mass is 480 g/mol. The molecule has 0 spiro atoms. The van der Waals surface area contributed by atoms with Gasteiger partial charge in [-0.25, -0.2) is 19.0 Å². The predicted octanol–water partition coefficient (Wildman–Crippen LogP) is 6.44. The predicted molar refractivity (Wildman–Crippen MR) is 122 cm³/mol. The van der Waals surface area contributed by atoms with Crippen molar-refractivity contribution >= 4 is 34.8 Å². The summed E-state index contributed by atoms with van der Waals surface area (Å²) in [5.41, 5.74) is -2.10. The second-order valence-electron chi connectivity index (χ2n) is 8.58. The summed E-state index contributed by atoms with van der Waals surface area (Å²) in [6, 6.07) is 12.1. The second-order valence-corrected chi connectivity index (χ2v) is 9.98. The van der Waals surface area contributed by atoms with Gasteiger partial charge in [-0.1, -0.05) is 35.9 Å². The molecule has 1 saturated heterocycles. The van der Waals surface area contributed by atoms with Gasteiger partial charge in [-0.05, 0) is 50.7 Å². The van der Waals surface area contributed by atoms with Crippen LogP contribution < -0.4 is 0 Å². The molecule has 172 valence electrons. The topological polar surface area (TPSA) is 68.7 Å². The number of aromatic nitrogens is 1. The third-order valence-electron chi connectivity index (χ3n) is 4.93. The third kappa shape index (κ3) is 6.59. The molecule has 1 aliphatic rings. The first-order valence-electron chi connectivity index (χ1n) is 10.3. The molecule has 1 aromatic carbocycles. The Bertz CT molecular complexity index is 929. The van der Waals surface area contributed by atoms with Crippen LogP contribution in [0.1, 0.15) is 45.3 Å². The lowest BCUT2D eigenvalue weighted by atomic mass is 9.84. The van der Waals surface area contributed by atoms with E-state index in [0.29, 0.717) is 10.5 Å². The van der Waals surface area contributed by atoms with Crippen molar-refractivity contribution in [3.05, 3.63) is 59.4 Å². The van der Waals surface area contributed by atoms with E-state index in [2.05, 4.69) is 4.98 Å². The number of ether oxygens (including phenoxy) is 2. The normalized spacial score (nSPS) is 16.8. The van der Waals surface area contributed by atoms with E-state index < -0.39 is 28.8 Å². The molecule has 2 heterocycles. The zero-order valence-electron chi connectivity index (χ0n) is 18.2. The van der Waals surface area contributed by atoms with E-state index >= 15 is 4.39 Å². The molecule has 3 rings (SSSR count). The summed E-state index contributed by atoms with van der Waals surface area (Å²) in [5.74, 6) is 0. The van der Waals surface area contributed by atoms with E-state index in [1.54, 1.807) is 51.1 Å². The summed E-state index contributed by atoms with van der Waals surface area (Å²) in [6.07, 6.45) is -0.279. The Balaban J connectivity index is 1.75. The van der Waals surface area contributed by atoms with Gasteiger partial charge in [0.05, 0.1) is 0 Å². The van der Waals surface area contributed by atoms with Crippen LogP contribution in [0.4, 0.5) is 14.0 Å². The van der Waals surface area contributed by atoms with Gasteiger partial charge in [0, 0.05) is 42.6 Å². The highest BCUT2D eigenvalue weighted by Gasteiger charge is 2.46. The number of nitrogens with zero attached hydrogens (tertiary/aromatic N) is 2. The maximum Gasteiger partial charge on any atom is 0.410 e. The first-order chi connectivity index (χ1) is 15.1. The van der Waals surface area contributed by atoms with Gasteiger partial charge in [0.15, 0.2) is 11.8 Å². The Morgan fingerprint density at radius 2 is 1.81 bits per heavy atom. The van der Waals surface area contributed by atoms with Gasteiger partial charge in [-0.3, -0.25) is 0 Å². The number of amides is 1. The fourth-order valence-electron chi connectivity index (χ4n) is 3.37. The largest absolute Gasteiger partial charge is 0.446 e. The minimum absolute atomic E-state index is 0.0111. The van der Waals surface area contributed by atoms with Crippen LogP contribution >= 0.6 is 23.4 Å². The summed E-state index contributed by atoms with van der Waals surface area (Å²) < 4.78 is 27.2. The van der Waals surface area contributed by atoms with Crippen molar-refractivity contribution in [1.29, 1.82) is 0 Å². The van der Waals surface area contributed by atoms with E-state index in [9.17, 15) is 9.59 Å². The summed E-state index contributed by atoms with van der Waals surface area (Å²) in [6.45, 7) is 5.63. The lowest BCUT2D eigenvalue weighted by molar-refractivity contribution is -0.0564. The Hall–Kier alpha value is -2.32. The van der Waals surface area contributed by atoms with Crippen LogP contribution in [0, 0.1) is 0 Å². The van der Waals surface area contributed by atoms with Crippen molar-refractivity contribution in [2.24, 2.45) is 0 Å². The second kappa shape index (κ2) is 10.1. The smallest absolute Gasteiger partial charge is 0.410 e. The first kappa shape index (κ1) is 24.3. The molecule has 32 heavy (non-hydrogen) atoms. The number of thioether (sulfide) groups is 1. The summed E-state index contributed by atoms with van der Waals surface area (Å²) >= 11 is 6.77. The third-order valence-corrected chi connectivity index (χ3v) is 5.92. The van der Waals surface area contributed by atoms with Crippen molar-refractivity contribution in [2.75, 3.05) is 13.1 Å². The lowest BCUT2D eigenvalue weighted by Gasteiger charge is -2.40. The SMILES string of the molecule is CC(C)(C)OC(=O)N1CCC(F)(C(OC(=O)Sc2ccccc2)c2ccc(Cl)nc2)CC1.